The van der Waals surface area contributed by atoms with Crippen molar-refractivity contribution in [1.82, 2.24) is 14.5 Å². The highest BCUT2D eigenvalue weighted by Gasteiger charge is 2.37. The van der Waals surface area contributed by atoms with E-state index in [0.717, 1.165) is 49.5 Å². The van der Waals surface area contributed by atoms with Crippen LogP contribution in [0, 0.1) is 12.8 Å². The topological polar surface area (TPSA) is 126 Å². The third-order valence-corrected chi connectivity index (χ3v) is 10.1. The maximum atomic E-state index is 13.4. The maximum absolute atomic E-state index is 13.4. The van der Waals surface area contributed by atoms with Crippen LogP contribution >= 0.6 is 0 Å². The Bertz CT molecular complexity index is 1690. The van der Waals surface area contributed by atoms with Gasteiger partial charge in [0.05, 0.1) is 11.0 Å². The Kier molecular flexibility index (Phi) is 11.5. The van der Waals surface area contributed by atoms with E-state index in [4.69, 9.17) is 25.1 Å². The monoisotopic (exact) mass is 652 g/mol. The molecule has 3 N–H and O–H groups in total. The second-order valence-corrected chi connectivity index (χ2v) is 12.8. The number of oxime groups is 1. The lowest BCUT2D eigenvalue weighted by atomic mass is 9.70. The van der Waals surface area contributed by atoms with Crippen molar-refractivity contribution in [1.29, 1.82) is 0 Å². The van der Waals surface area contributed by atoms with Crippen LogP contribution in [0.5, 0.6) is 0 Å². The Morgan fingerprint density at radius 2 is 1.74 bits per heavy atom. The van der Waals surface area contributed by atoms with E-state index in [2.05, 4.69) is 90.0 Å². The van der Waals surface area contributed by atoms with E-state index in [1.807, 2.05) is 4.90 Å². The van der Waals surface area contributed by atoms with Gasteiger partial charge in [-0.2, -0.15) is 4.21 Å². The van der Waals surface area contributed by atoms with Gasteiger partial charge in [-0.25, -0.2) is 4.98 Å². The molecule has 1 aliphatic heterocycles. The molecule has 0 radical (unpaired) electrons. The van der Waals surface area contributed by atoms with Gasteiger partial charge in [-0.1, -0.05) is 79.0 Å². The minimum absolute atomic E-state index is 0.00480. The highest BCUT2D eigenvalue weighted by Crippen LogP contribution is 2.40. The fourth-order valence-electron chi connectivity index (χ4n) is 7.28. The average molecular weight is 653 g/mol. The number of rotatable bonds is 11. The van der Waals surface area contributed by atoms with Crippen molar-refractivity contribution in [3.8, 4) is 0 Å². The smallest absolute Gasteiger partial charge is 0.253 e. The summed E-state index contributed by atoms with van der Waals surface area (Å²) in [6.07, 6.45) is 10.9. The summed E-state index contributed by atoms with van der Waals surface area (Å²) in [6.45, 7) is 4.22. The number of nitrogens with zero attached hydrogens (tertiary/aromatic N) is 5. The predicted molar refractivity (Wildman–Crippen MR) is 188 cm³/mol. The number of aromatic nitrogens is 2. The highest BCUT2D eigenvalue weighted by molar-refractivity contribution is 7.44. The molecule has 1 saturated carbocycles. The molecule has 9 nitrogen and oxygen atoms in total. The first-order chi connectivity index (χ1) is 23.0. The molecule has 1 aromatic heterocycles. The molecular weight excluding hydrogens is 609 g/mol. The Hall–Kier alpha value is -4.44. The zero-order valence-electron chi connectivity index (χ0n) is 27.0. The standard InChI is InChI=1S/C37H44N6O2.OS/c1-27-40-33-15-5-6-16-34(33)43(27)32(25-28-9-7-10-28)17-21-39-22-18-37(31-13-3-2-4-14-31)19-23-42(24-20-37)36(44)30-12-8-11-29(26-30)35(38)41-45;1-2/h2-6,8,11-16,21,26,28,32,45H,7,9-10,17-20,22-25H2,1H3,(H2,38,41);/t32-;/m0./s1. The number of amidine groups is 1. The van der Waals surface area contributed by atoms with Crippen molar-refractivity contribution >= 4 is 41.5 Å². The molecule has 1 saturated heterocycles. The Morgan fingerprint density at radius 1 is 1.04 bits per heavy atom. The number of carbonyl (C=O) groups is 1. The highest BCUT2D eigenvalue weighted by atomic mass is 32.1. The van der Waals surface area contributed by atoms with E-state index in [-0.39, 0.29) is 17.2 Å². The van der Waals surface area contributed by atoms with E-state index >= 15 is 0 Å². The summed E-state index contributed by atoms with van der Waals surface area (Å²) in [4.78, 5) is 25.2. The number of para-hydroxylation sites is 2. The first-order valence-corrected chi connectivity index (χ1v) is 16.8. The van der Waals surface area contributed by atoms with E-state index in [1.54, 1.807) is 24.3 Å². The molecule has 0 bridgehead atoms. The summed E-state index contributed by atoms with van der Waals surface area (Å²) in [5.74, 6) is 1.84. The number of amides is 1. The largest absolute Gasteiger partial charge is 0.409 e. The first kappa shape index (κ1) is 33.9. The summed E-state index contributed by atoms with van der Waals surface area (Å²) in [5.41, 5.74) is 10.4. The van der Waals surface area contributed by atoms with Gasteiger partial charge in [-0.05, 0) is 68.4 Å². The number of fused-ring (bicyclic) bond motifs is 1. The van der Waals surface area contributed by atoms with Gasteiger partial charge < -0.3 is 20.4 Å². The quantitative estimate of drug-likeness (QED) is 0.0818. The lowest BCUT2D eigenvalue weighted by Gasteiger charge is -2.42. The molecule has 2 heterocycles. The number of hydrogen-bond donors (Lipinski definition) is 2. The Labute approximate surface area is 282 Å². The number of aliphatic imine (C=N–C) groups is 1. The van der Waals surface area contributed by atoms with E-state index < -0.39 is 0 Å². The van der Waals surface area contributed by atoms with Gasteiger partial charge in [0.2, 0.25) is 0 Å². The van der Waals surface area contributed by atoms with Crippen LogP contribution < -0.4 is 5.73 Å². The summed E-state index contributed by atoms with van der Waals surface area (Å²) in [6, 6.07) is 26.5. The van der Waals surface area contributed by atoms with Crippen molar-refractivity contribution in [2.75, 3.05) is 19.6 Å². The summed E-state index contributed by atoms with van der Waals surface area (Å²) in [5, 5.41) is 12.1. The van der Waals surface area contributed by atoms with E-state index in [9.17, 15) is 4.79 Å². The number of hydrogen-bond acceptors (Lipinski definition) is 7. The van der Waals surface area contributed by atoms with Gasteiger partial charge in [0.1, 0.15) is 5.82 Å². The number of likely N-dealkylation sites (tertiary alicyclic amines) is 1. The van der Waals surface area contributed by atoms with E-state index in [0.29, 0.717) is 30.3 Å². The number of nitrogens with two attached hydrogens (primary N) is 1. The number of imidazole rings is 1. The van der Waals surface area contributed by atoms with Crippen LogP contribution in [0.3, 0.4) is 0 Å². The SMILES string of the molecule is Cc1nc2ccccc2n1[C@@H](CC=NCCC1(c2ccccc2)CCN(C(=O)c2cccc(/C(N)=N/O)c2)CC1)CC1CCC1.O=S. The molecular formula is C37H44N6O3S. The molecule has 1 amide bonds. The first-order valence-electron chi connectivity index (χ1n) is 16.5. The number of carbonyl (C=O) groups excluding carboxylic acids is 1. The fraction of sp³-hybridized carbons (Fsp3) is 0.405. The van der Waals surface area contributed by atoms with Crippen LogP contribution in [0.25, 0.3) is 11.0 Å². The zero-order chi connectivity index (χ0) is 33.2. The van der Waals surface area contributed by atoms with Crippen molar-refractivity contribution < 1.29 is 14.2 Å². The van der Waals surface area contributed by atoms with Gasteiger partial charge in [0.15, 0.2) is 18.4 Å². The third-order valence-electron chi connectivity index (χ3n) is 10.1. The van der Waals surface area contributed by atoms with Gasteiger partial charge in [0.25, 0.3) is 5.91 Å². The van der Waals surface area contributed by atoms with Crippen LogP contribution in [0.15, 0.2) is 89.0 Å². The van der Waals surface area contributed by atoms with Crippen LogP contribution in [0.4, 0.5) is 0 Å². The van der Waals surface area contributed by atoms with Crippen LogP contribution in [-0.2, 0) is 17.9 Å². The second-order valence-electron chi connectivity index (χ2n) is 12.8. The van der Waals surface area contributed by atoms with Crippen molar-refractivity contribution in [3.63, 3.8) is 0 Å². The summed E-state index contributed by atoms with van der Waals surface area (Å²) in [7, 11) is 0. The van der Waals surface area contributed by atoms with E-state index in [1.165, 1.54) is 36.8 Å². The molecule has 6 rings (SSSR count). The molecule has 2 fully saturated rings. The molecule has 2 aliphatic rings. The molecule has 0 spiro atoms. The molecule has 1 atom stereocenters. The molecule has 3 aromatic carbocycles. The van der Waals surface area contributed by atoms with Crippen LogP contribution in [0.2, 0.25) is 0 Å². The molecule has 246 valence electrons. The molecule has 4 aromatic rings. The number of piperidine rings is 1. The van der Waals surface area contributed by atoms with Crippen LogP contribution in [0.1, 0.15) is 84.7 Å². The maximum Gasteiger partial charge on any atom is 0.253 e. The van der Waals surface area contributed by atoms with Gasteiger partial charge in [-0.3, -0.25) is 9.79 Å². The van der Waals surface area contributed by atoms with Crippen molar-refractivity contribution in [3.05, 3.63) is 101 Å². The fourth-order valence-corrected chi connectivity index (χ4v) is 7.28. The Morgan fingerprint density at radius 3 is 2.45 bits per heavy atom. The number of benzene rings is 3. The van der Waals surface area contributed by atoms with Gasteiger partial charge >= 0.3 is 0 Å². The lowest BCUT2D eigenvalue weighted by molar-refractivity contribution is 0.0660. The number of aryl methyl sites for hydroxylation is 1. The minimum Gasteiger partial charge on any atom is -0.409 e. The lowest BCUT2D eigenvalue weighted by Crippen LogP contribution is -2.45. The predicted octanol–water partition coefficient (Wildman–Crippen LogP) is 6.56. The second kappa shape index (κ2) is 15.9. The molecule has 1 aliphatic carbocycles. The van der Waals surface area contributed by atoms with Crippen molar-refractivity contribution in [2.45, 2.75) is 69.7 Å². The summed E-state index contributed by atoms with van der Waals surface area (Å²) < 4.78 is 10.3. The Balaban J connectivity index is 0.00000213. The zero-order valence-corrected chi connectivity index (χ0v) is 27.8. The third kappa shape index (κ3) is 7.76. The minimum atomic E-state index is -0.0341. The molecule has 0 unspecified atom stereocenters. The summed E-state index contributed by atoms with van der Waals surface area (Å²) >= 11 is 2.83. The molecule has 47 heavy (non-hydrogen) atoms. The van der Waals surface area contributed by atoms with Crippen molar-refractivity contribution in [2.24, 2.45) is 21.8 Å². The van der Waals surface area contributed by atoms with Gasteiger partial charge in [0, 0.05) is 54.9 Å². The molecule has 10 heteroatoms. The normalized spacial score (nSPS) is 17.2. The average Bonchev–Trinajstić information content (AvgIpc) is 3.45. The van der Waals surface area contributed by atoms with Crippen LogP contribution in [-0.4, -0.2) is 61.5 Å². The van der Waals surface area contributed by atoms with Gasteiger partial charge in [-0.15, -0.1) is 0 Å².